The van der Waals surface area contributed by atoms with Gasteiger partial charge in [0.15, 0.2) is 11.1 Å². The van der Waals surface area contributed by atoms with E-state index in [-0.39, 0.29) is 12.1 Å². The van der Waals surface area contributed by atoms with E-state index in [0.717, 1.165) is 9.94 Å². The van der Waals surface area contributed by atoms with Gasteiger partial charge in [0.2, 0.25) is 0 Å². The minimum Gasteiger partial charge on any atom is -0.487 e. The van der Waals surface area contributed by atoms with Crippen LogP contribution >= 0.6 is 11.3 Å². The minimum atomic E-state index is -0.517. The molecule has 1 atom stereocenters. The average molecular weight is 258 g/mol. The fourth-order valence-corrected chi connectivity index (χ4v) is 2.15. The van der Waals surface area contributed by atoms with Crippen LogP contribution in [0.4, 0.5) is 0 Å². The molecule has 1 rings (SSSR count). The van der Waals surface area contributed by atoms with E-state index in [0.29, 0.717) is 0 Å². The molecule has 17 heavy (non-hydrogen) atoms. The van der Waals surface area contributed by atoms with Crippen LogP contribution in [0.2, 0.25) is 0 Å². The van der Waals surface area contributed by atoms with Crippen molar-refractivity contribution in [3.05, 3.63) is 17.0 Å². The second-order valence-electron chi connectivity index (χ2n) is 3.67. The Morgan fingerprint density at radius 1 is 1.41 bits per heavy atom. The Bertz CT molecular complexity index is 365. The second-order valence-corrected chi connectivity index (χ2v) is 4.75. The van der Waals surface area contributed by atoms with E-state index in [1.807, 2.05) is 26.0 Å². The molecular formula is C11H18N2O3S. The maximum absolute atomic E-state index is 11.9. The van der Waals surface area contributed by atoms with Gasteiger partial charge in [0.25, 0.3) is 0 Å². The summed E-state index contributed by atoms with van der Waals surface area (Å²) in [7, 11) is 3.31. The molecule has 0 spiro atoms. The van der Waals surface area contributed by atoms with E-state index in [4.69, 9.17) is 9.47 Å². The molecule has 5 nitrogen and oxygen atoms in total. The molecule has 0 aliphatic heterocycles. The predicted molar refractivity (Wildman–Crippen MR) is 67.0 cm³/mol. The van der Waals surface area contributed by atoms with Gasteiger partial charge < -0.3 is 9.47 Å². The van der Waals surface area contributed by atoms with Gasteiger partial charge in [-0.25, -0.2) is 10.2 Å². The van der Waals surface area contributed by atoms with Gasteiger partial charge in [0.05, 0.1) is 13.2 Å². The standard InChI is InChI=1S/C11H18N2O3S/c1-7(2)16-11(14)10(13-12-3)8-5-6-9(15-4)17-8/h5-7,10,12-13H,1-4H3. The molecule has 2 N–H and O–H groups in total. The van der Waals surface area contributed by atoms with Crippen molar-refractivity contribution < 1.29 is 14.3 Å². The Labute approximate surface area is 105 Å². The molecule has 0 aliphatic carbocycles. The number of rotatable bonds is 6. The molecule has 0 saturated heterocycles. The summed E-state index contributed by atoms with van der Waals surface area (Å²) in [6.45, 7) is 3.65. The van der Waals surface area contributed by atoms with Gasteiger partial charge in [-0.2, -0.15) is 0 Å². The summed E-state index contributed by atoms with van der Waals surface area (Å²) in [6.07, 6.45) is -0.134. The quantitative estimate of drug-likeness (QED) is 0.598. The Morgan fingerprint density at radius 2 is 2.12 bits per heavy atom. The van der Waals surface area contributed by atoms with Crippen molar-refractivity contribution in [2.75, 3.05) is 14.2 Å². The molecule has 0 amide bonds. The molecule has 96 valence electrons. The lowest BCUT2D eigenvalue weighted by molar-refractivity contribution is -0.150. The average Bonchev–Trinajstić information content (AvgIpc) is 2.72. The van der Waals surface area contributed by atoms with Crippen molar-refractivity contribution in [1.29, 1.82) is 0 Å². The highest BCUT2D eigenvalue weighted by Gasteiger charge is 2.24. The van der Waals surface area contributed by atoms with Crippen molar-refractivity contribution in [2.45, 2.75) is 26.0 Å². The number of hydrazine groups is 1. The zero-order valence-electron chi connectivity index (χ0n) is 10.4. The molecule has 0 radical (unpaired) electrons. The fraction of sp³-hybridized carbons (Fsp3) is 0.545. The molecule has 0 aliphatic rings. The first-order valence-electron chi connectivity index (χ1n) is 5.35. The molecule has 6 heteroatoms. The third-order valence-corrected chi connectivity index (χ3v) is 3.08. The van der Waals surface area contributed by atoms with E-state index in [1.165, 1.54) is 11.3 Å². The SMILES string of the molecule is CNNC(C(=O)OC(C)C)c1ccc(OC)s1. The monoisotopic (exact) mass is 258 g/mol. The second kappa shape index (κ2) is 6.58. The zero-order chi connectivity index (χ0) is 12.8. The third kappa shape index (κ3) is 3.99. The van der Waals surface area contributed by atoms with Crippen LogP contribution in [0.5, 0.6) is 5.06 Å². The number of hydrogen-bond donors (Lipinski definition) is 2. The van der Waals surface area contributed by atoms with Crippen LogP contribution < -0.4 is 15.6 Å². The summed E-state index contributed by atoms with van der Waals surface area (Å²) >= 11 is 1.41. The molecule has 1 unspecified atom stereocenters. The Kier molecular flexibility index (Phi) is 5.40. The van der Waals surface area contributed by atoms with Crippen LogP contribution in [0.25, 0.3) is 0 Å². The lowest BCUT2D eigenvalue weighted by Crippen LogP contribution is -2.38. The number of carbonyl (C=O) groups is 1. The highest BCUT2D eigenvalue weighted by molar-refractivity contribution is 7.14. The number of thiophene rings is 1. The first kappa shape index (κ1) is 14.0. The first-order valence-corrected chi connectivity index (χ1v) is 6.16. The van der Waals surface area contributed by atoms with Crippen molar-refractivity contribution in [2.24, 2.45) is 0 Å². The highest BCUT2D eigenvalue weighted by Crippen LogP contribution is 2.29. The summed E-state index contributed by atoms with van der Waals surface area (Å²) in [5, 5.41) is 0.764. The van der Waals surface area contributed by atoms with Gasteiger partial charge in [0.1, 0.15) is 0 Å². The van der Waals surface area contributed by atoms with Gasteiger partial charge in [-0.05, 0) is 33.0 Å². The summed E-state index contributed by atoms with van der Waals surface area (Å²) in [5.41, 5.74) is 5.63. The maximum Gasteiger partial charge on any atom is 0.330 e. The molecule has 0 bridgehead atoms. The van der Waals surface area contributed by atoms with Gasteiger partial charge in [-0.15, -0.1) is 11.3 Å². The Balaban J connectivity index is 2.80. The van der Waals surface area contributed by atoms with Crippen LogP contribution in [0.3, 0.4) is 0 Å². The molecule has 0 saturated carbocycles. The number of hydrogen-bond acceptors (Lipinski definition) is 6. The van der Waals surface area contributed by atoms with Crippen molar-refractivity contribution >= 4 is 17.3 Å². The molecule has 1 aromatic rings. The minimum absolute atomic E-state index is 0.134. The summed E-state index contributed by atoms with van der Waals surface area (Å²) in [4.78, 5) is 12.7. The van der Waals surface area contributed by atoms with E-state index in [1.54, 1.807) is 14.2 Å². The number of esters is 1. The highest BCUT2D eigenvalue weighted by atomic mass is 32.1. The number of methoxy groups -OCH3 is 1. The smallest absolute Gasteiger partial charge is 0.330 e. The summed E-state index contributed by atoms with van der Waals surface area (Å²) < 4.78 is 10.3. The lowest BCUT2D eigenvalue weighted by Gasteiger charge is -2.17. The Morgan fingerprint density at radius 3 is 2.59 bits per heavy atom. The summed E-state index contributed by atoms with van der Waals surface area (Å²) in [5.74, 6) is -0.307. The summed E-state index contributed by atoms with van der Waals surface area (Å²) in [6, 6.07) is 3.16. The third-order valence-electron chi connectivity index (χ3n) is 1.96. The number of ether oxygens (including phenoxy) is 2. The number of nitrogens with one attached hydrogen (secondary N) is 2. The molecular weight excluding hydrogens is 240 g/mol. The van der Waals surface area contributed by atoms with Crippen LogP contribution in [0.1, 0.15) is 24.8 Å². The normalized spacial score (nSPS) is 12.5. The van der Waals surface area contributed by atoms with Crippen molar-refractivity contribution in [1.82, 2.24) is 10.9 Å². The van der Waals surface area contributed by atoms with Gasteiger partial charge in [-0.3, -0.25) is 5.43 Å². The van der Waals surface area contributed by atoms with Crippen LogP contribution in [-0.2, 0) is 9.53 Å². The van der Waals surface area contributed by atoms with Gasteiger partial charge in [0, 0.05) is 4.88 Å². The lowest BCUT2D eigenvalue weighted by atomic mass is 10.2. The van der Waals surface area contributed by atoms with E-state index in [2.05, 4.69) is 10.9 Å². The molecule has 1 heterocycles. The van der Waals surface area contributed by atoms with Crippen LogP contribution in [0, 0.1) is 0 Å². The van der Waals surface area contributed by atoms with Crippen molar-refractivity contribution in [3.63, 3.8) is 0 Å². The zero-order valence-corrected chi connectivity index (χ0v) is 11.3. The fourth-order valence-electron chi connectivity index (χ4n) is 1.29. The van der Waals surface area contributed by atoms with Gasteiger partial charge >= 0.3 is 5.97 Å². The predicted octanol–water partition coefficient (Wildman–Crippen LogP) is 1.47. The largest absolute Gasteiger partial charge is 0.487 e. The van der Waals surface area contributed by atoms with E-state index in [9.17, 15) is 4.79 Å². The van der Waals surface area contributed by atoms with Crippen LogP contribution in [0.15, 0.2) is 12.1 Å². The molecule has 1 aromatic heterocycles. The first-order chi connectivity index (χ1) is 8.08. The molecule has 0 aromatic carbocycles. The van der Waals surface area contributed by atoms with Gasteiger partial charge in [-0.1, -0.05) is 0 Å². The maximum atomic E-state index is 11.9. The van der Waals surface area contributed by atoms with E-state index < -0.39 is 6.04 Å². The Hall–Kier alpha value is -1.11. The van der Waals surface area contributed by atoms with Crippen molar-refractivity contribution in [3.8, 4) is 5.06 Å². The molecule has 0 fully saturated rings. The van der Waals surface area contributed by atoms with Crippen LogP contribution in [-0.4, -0.2) is 26.2 Å². The number of carbonyl (C=O) groups excluding carboxylic acids is 1. The topological polar surface area (TPSA) is 59.6 Å². The van der Waals surface area contributed by atoms with E-state index >= 15 is 0 Å².